The van der Waals surface area contributed by atoms with Gasteiger partial charge >= 0.3 is 0 Å². The van der Waals surface area contributed by atoms with Crippen LogP contribution >= 0.6 is 0 Å². The minimum atomic E-state index is -0.533. The average Bonchev–Trinajstić information content (AvgIpc) is 3.00. The molecule has 1 N–H and O–H groups in total. The highest BCUT2D eigenvalue weighted by atomic mass is 16.5. The van der Waals surface area contributed by atoms with Crippen LogP contribution in [0.1, 0.15) is 5.56 Å². The second-order valence-electron chi connectivity index (χ2n) is 5.95. The molecular weight excluding hydrogens is 304 g/mol. The maximum absolute atomic E-state index is 13.0. The van der Waals surface area contributed by atoms with Crippen LogP contribution in [-0.2, 0) is 0 Å². The smallest absolute Gasteiger partial charge is 0.208 e. The van der Waals surface area contributed by atoms with E-state index in [0.717, 1.165) is 4.74 Å². The molecule has 24 heavy (non-hydrogen) atoms. The Kier molecular flexibility index (Phi) is 2.38. The monoisotopic (exact) mass is 315 g/mol. The fraction of sp³-hybridized carbons (Fsp3) is 0.0526. The number of benzene rings is 2. The van der Waals surface area contributed by atoms with Crippen LogP contribution in [0, 0.1) is 15.6 Å². The van der Waals surface area contributed by atoms with Gasteiger partial charge in [0.2, 0.25) is 6.04 Å². The van der Waals surface area contributed by atoms with E-state index in [2.05, 4.69) is 4.99 Å². The topological polar surface area (TPSA) is 81.7 Å². The van der Waals surface area contributed by atoms with Gasteiger partial charge in [-0.15, -0.1) is 0 Å². The quantitative estimate of drug-likeness (QED) is 0.487. The second kappa shape index (κ2) is 4.35. The Morgan fingerprint density at radius 2 is 1.96 bits per heavy atom. The zero-order chi connectivity index (χ0) is 16.4. The van der Waals surface area contributed by atoms with Gasteiger partial charge in [0.1, 0.15) is 11.4 Å². The third-order valence-electron chi connectivity index (χ3n) is 4.66. The molecule has 0 spiro atoms. The molecule has 5 heteroatoms. The minimum absolute atomic E-state index is 0.0416. The SMILES string of the molecule is [O-]c1c2c(c(O)c3c1=c1ccccc1=N3)=C1C=CC=CC1[N+]([O-])=C2. The first-order valence-electron chi connectivity index (χ1n) is 7.60. The number of aromatic hydroxyl groups is 1. The lowest BCUT2D eigenvalue weighted by atomic mass is 9.92. The summed E-state index contributed by atoms with van der Waals surface area (Å²) in [5, 5.41) is 38.3. The fourth-order valence-electron chi connectivity index (χ4n) is 3.59. The first-order valence-corrected chi connectivity index (χ1v) is 7.60. The number of para-hydroxylation sites is 1. The molecule has 2 aromatic rings. The predicted molar refractivity (Wildman–Crippen MR) is 86.4 cm³/mol. The molecule has 1 unspecified atom stereocenters. The number of hydroxylamine groups is 1. The largest absolute Gasteiger partial charge is 0.871 e. The van der Waals surface area contributed by atoms with Gasteiger partial charge in [-0.05, 0) is 12.1 Å². The average molecular weight is 315 g/mol. The number of rotatable bonds is 0. The molecule has 0 radical (unpaired) electrons. The van der Waals surface area contributed by atoms with Crippen LogP contribution in [0.3, 0.4) is 0 Å². The molecule has 0 saturated heterocycles. The summed E-state index contributed by atoms with van der Waals surface area (Å²) in [6.07, 6.45) is 8.34. The first-order chi connectivity index (χ1) is 11.7. The van der Waals surface area contributed by atoms with Crippen LogP contribution in [0.5, 0.6) is 11.5 Å². The summed E-state index contributed by atoms with van der Waals surface area (Å²) in [6, 6.07) is 6.73. The molecule has 1 aliphatic carbocycles. The molecule has 0 bridgehead atoms. The van der Waals surface area contributed by atoms with Gasteiger partial charge in [0.25, 0.3) is 0 Å². The van der Waals surface area contributed by atoms with E-state index in [1.807, 2.05) is 12.1 Å². The Labute approximate surface area is 136 Å². The lowest BCUT2D eigenvalue weighted by Gasteiger charge is -2.24. The summed E-state index contributed by atoms with van der Waals surface area (Å²) in [4.78, 5) is 4.43. The zero-order valence-electron chi connectivity index (χ0n) is 12.4. The number of allylic oxidation sites excluding steroid dienone is 2. The van der Waals surface area contributed by atoms with Crippen molar-refractivity contribution < 1.29 is 15.0 Å². The highest BCUT2D eigenvalue weighted by molar-refractivity contribution is 5.89. The first kappa shape index (κ1) is 13.1. The highest BCUT2D eigenvalue weighted by Crippen LogP contribution is 2.34. The van der Waals surface area contributed by atoms with Crippen LogP contribution in [0.25, 0.3) is 5.57 Å². The molecule has 3 aliphatic rings. The minimum Gasteiger partial charge on any atom is -0.871 e. The van der Waals surface area contributed by atoms with E-state index < -0.39 is 6.04 Å². The molecule has 116 valence electrons. The van der Waals surface area contributed by atoms with Crippen molar-refractivity contribution >= 4 is 17.5 Å². The van der Waals surface area contributed by atoms with E-state index in [-0.39, 0.29) is 17.1 Å². The fourth-order valence-corrected chi connectivity index (χ4v) is 3.59. The van der Waals surface area contributed by atoms with Crippen LogP contribution in [0.4, 0.5) is 5.69 Å². The van der Waals surface area contributed by atoms with E-state index in [4.69, 9.17) is 0 Å². The maximum atomic E-state index is 13.0. The summed E-state index contributed by atoms with van der Waals surface area (Å²) < 4.78 is 0.753. The van der Waals surface area contributed by atoms with E-state index >= 15 is 0 Å². The van der Waals surface area contributed by atoms with Crippen LogP contribution in [0.2, 0.25) is 0 Å². The lowest BCUT2D eigenvalue weighted by Crippen LogP contribution is -2.35. The van der Waals surface area contributed by atoms with Gasteiger partial charge in [0.05, 0.1) is 5.36 Å². The van der Waals surface area contributed by atoms with Gasteiger partial charge in [-0.2, -0.15) is 0 Å². The third-order valence-corrected chi connectivity index (χ3v) is 4.66. The Hall–Kier alpha value is -3.34. The van der Waals surface area contributed by atoms with Crippen LogP contribution < -0.4 is 15.7 Å². The summed E-state index contributed by atoms with van der Waals surface area (Å²) in [5.74, 6) is -0.318. The van der Waals surface area contributed by atoms with E-state index in [9.17, 15) is 15.4 Å². The van der Waals surface area contributed by atoms with E-state index in [1.54, 1.807) is 36.4 Å². The Morgan fingerprint density at radius 1 is 1.12 bits per heavy atom. The number of hydrogen-bond acceptors (Lipinski definition) is 4. The number of hydrogen-bond donors (Lipinski definition) is 1. The Morgan fingerprint density at radius 3 is 2.83 bits per heavy atom. The van der Waals surface area contributed by atoms with E-state index in [1.165, 1.54) is 6.21 Å². The van der Waals surface area contributed by atoms with Crippen molar-refractivity contribution in [1.82, 2.24) is 0 Å². The molecule has 2 aliphatic heterocycles. The molecule has 5 nitrogen and oxygen atoms in total. The molecule has 5 rings (SSSR count). The molecule has 0 fully saturated rings. The molecule has 0 saturated carbocycles. The summed E-state index contributed by atoms with van der Waals surface area (Å²) in [5.41, 5.74) is 1.13. The van der Waals surface area contributed by atoms with Gasteiger partial charge in [0, 0.05) is 26.8 Å². The van der Waals surface area contributed by atoms with E-state index in [0.29, 0.717) is 32.3 Å². The predicted octanol–water partition coefficient (Wildman–Crippen LogP) is 0.606. The Bertz CT molecular complexity index is 1240. The zero-order valence-corrected chi connectivity index (χ0v) is 12.4. The molecule has 2 heterocycles. The van der Waals surface area contributed by atoms with Gasteiger partial charge in [-0.1, -0.05) is 42.2 Å². The maximum Gasteiger partial charge on any atom is 0.208 e. The third kappa shape index (κ3) is 1.48. The summed E-state index contributed by atoms with van der Waals surface area (Å²) in [7, 11) is 0. The molecular formula is C19H11N2O3-. The Balaban J connectivity index is 2.07. The normalized spacial score (nSPS) is 19.1. The van der Waals surface area contributed by atoms with Gasteiger partial charge in [0.15, 0.2) is 6.21 Å². The highest BCUT2D eigenvalue weighted by Gasteiger charge is 2.28. The van der Waals surface area contributed by atoms with Crippen molar-refractivity contribution in [3.8, 4) is 11.5 Å². The van der Waals surface area contributed by atoms with Gasteiger partial charge in [-0.3, -0.25) is 0 Å². The molecule has 0 aromatic heterocycles. The van der Waals surface area contributed by atoms with Crippen molar-refractivity contribution in [2.45, 2.75) is 6.04 Å². The standard InChI is InChI=1S/C19H12N2O3/c22-18-12-9-21(24)14-8-4-2-6-11(14)15(12)19(23)17-16(18)10-5-1-3-7-13(10)20-17/h1-9,14,22-23H/p-1. The molecule has 0 amide bonds. The van der Waals surface area contributed by atoms with Crippen LogP contribution in [0.15, 0.2) is 53.6 Å². The van der Waals surface area contributed by atoms with Crippen molar-refractivity contribution in [1.29, 1.82) is 0 Å². The second-order valence-corrected chi connectivity index (χ2v) is 5.95. The van der Waals surface area contributed by atoms with Crippen molar-refractivity contribution in [2.75, 3.05) is 0 Å². The van der Waals surface area contributed by atoms with Gasteiger partial charge < -0.3 is 15.4 Å². The van der Waals surface area contributed by atoms with Crippen molar-refractivity contribution in [2.24, 2.45) is 4.99 Å². The molecule has 2 aromatic carbocycles. The lowest BCUT2D eigenvalue weighted by molar-refractivity contribution is -0.467. The van der Waals surface area contributed by atoms with Crippen molar-refractivity contribution in [3.05, 3.63) is 80.4 Å². The summed E-state index contributed by atoms with van der Waals surface area (Å²) in [6.45, 7) is 0. The number of nitrogens with zero attached hydrogens (tertiary/aromatic N) is 2. The van der Waals surface area contributed by atoms with Crippen molar-refractivity contribution in [3.63, 3.8) is 0 Å². The summed E-state index contributed by atoms with van der Waals surface area (Å²) >= 11 is 0. The van der Waals surface area contributed by atoms with Crippen LogP contribution in [-0.4, -0.2) is 22.1 Å². The molecule has 1 atom stereocenters. The number of fused-ring (bicyclic) bond motifs is 4. The number of phenols is 1. The number of phenolic OH excluding ortho intramolecular Hbond substituents is 1. The van der Waals surface area contributed by atoms with Gasteiger partial charge in [-0.25, -0.2) is 9.73 Å².